The van der Waals surface area contributed by atoms with Crippen molar-refractivity contribution in [2.24, 2.45) is 0 Å². The standard InChI is InChI=1S/C9H10N4OS2/c1-5-3-15-8(11-5)4-16-9-12-6(10)2-7(14)13-9/h2-3H,4H2,1H3,(H3,10,12,13,14). The summed E-state index contributed by atoms with van der Waals surface area (Å²) in [7, 11) is 0. The third kappa shape index (κ3) is 2.83. The highest BCUT2D eigenvalue weighted by Crippen LogP contribution is 2.20. The van der Waals surface area contributed by atoms with Gasteiger partial charge in [-0.15, -0.1) is 11.3 Å². The van der Waals surface area contributed by atoms with E-state index in [-0.39, 0.29) is 11.4 Å². The molecule has 2 heterocycles. The lowest BCUT2D eigenvalue weighted by Crippen LogP contribution is -2.09. The second kappa shape index (κ2) is 4.67. The monoisotopic (exact) mass is 254 g/mol. The van der Waals surface area contributed by atoms with Gasteiger partial charge in [-0.1, -0.05) is 11.8 Å². The van der Waals surface area contributed by atoms with Crippen LogP contribution in [0.25, 0.3) is 0 Å². The van der Waals surface area contributed by atoms with Crippen molar-refractivity contribution in [3.8, 4) is 0 Å². The van der Waals surface area contributed by atoms with E-state index in [4.69, 9.17) is 5.73 Å². The SMILES string of the molecule is Cc1csc(CSc2nc(N)cc(=O)[nH]2)n1. The van der Waals surface area contributed by atoms with E-state index in [1.807, 2.05) is 12.3 Å². The molecule has 0 radical (unpaired) electrons. The van der Waals surface area contributed by atoms with Gasteiger partial charge in [-0.25, -0.2) is 9.97 Å². The van der Waals surface area contributed by atoms with Crippen LogP contribution in [0.4, 0.5) is 5.82 Å². The van der Waals surface area contributed by atoms with Gasteiger partial charge in [-0.05, 0) is 6.92 Å². The number of hydrogen-bond acceptors (Lipinski definition) is 6. The van der Waals surface area contributed by atoms with Gasteiger partial charge in [-0.3, -0.25) is 4.79 Å². The molecule has 2 aromatic rings. The summed E-state index contributed by atoms with van der Waals surface area (Å²) < 4.78 is 0. The molecule has 0 aliphatic carbocycles. The molecule has 0 aliphatic heterocycles. The fraction of sp³-hybridized carbons (Fsp3) is 0.222. The molecule has 7 heteroatoms. The zero-order valence-electron chi connectivity index (χ0n) is 8.56. The number of rotatable bonds is 3. The van der Waals surface area contributed by atoms with Gasteiger partial charge >= 0.3 is 0 Å². The van der Waals surface area contributed by atoms with E-state index in [0.717, 1.165) is 10.7 Å². The van der Waals surface area contributed by atoms with E-state index in [9.17, 15) is 4.79 Å². The van der Waals surface area contributed by atoms with E-state index >= 15 is 0 Å². The van der Waals surface area contributed by atoms with Gasteiger partial charge in [-0.2, -0.15) is 0 Å². The first-order chi connectivity index (χ1) is 7.63. The van der Waals surface area contributed by atoms with E-state index in [0.29, 0.717) is 10.9 Å². The Morgan fingerprint density at radius 2 is 2.38 bits per heavy atom. The Kier molecular flexibility index (Phi) is 3.25. The Morgan fingerprint density at radius 1 is 1.56 bits per heavy atom. The number of nitrogens with one attached hydrogen (secondary N) is 1. The molecule has 0 bridgehead atoms. The first kappa shape index (κ1) is 11.2. The fourth-order valence-electron chi connectivity index (χ4n) is 1.12. The van der Waals surface area contributed by atoms with Gasteiger partial charge in [0, 0.05) is 17.1 Å². The molecule has 5 nitrogen and oxygen atoms in total. The van der Waals surface area contributed by atoms with Crippen LogP contribution in [0.3, 0.4) is 0 Å². The molecule has 0 fully saturated rings. The molecule has 0 amide bonds. The molecule has 16 heavy (non-hydrogen) atoms. The first-order valence-corrected chi connectivity index (χ1v) is 6.40. The van der Waals surface area contributed by atoms with Crippen LogP contribution in [0, 0.1) is 6.92 Å². The predicted octanol–water partition coefficient (Wildman–Crippen LogP) is 1.41. The Labute approximate surface area is 100 Å². The molecule has 0 aromatic carbocycles. The van der Waals surface area contributed by atoms with Gasteiger partial charge in [0.05, 0.1) is 5.75 Å². The summed E-state index contributed by atoms with van der Waals surface area (Å²) in [5, 5.41) is 3.52. The van der Waals surface area contributed by atoms with Gasteiger partial charge < -0.3 is 10.7 Å². The third-order valence-corrected chi connectivity index (χ3v) is 3.77. The van der Waals surface area contributed by atoms with Crippen LogP contribution in [-0.4, -0.2) is 15.0 Å². The van der Waals surface area contributed by atoms with Crippen molar-refractivity contribution in [2.45, 2.75) is 17.8 Å². The quantitative estimate of drug-likeness (QED) is 0.639. The number of thiazole rings is 1. The number of H-pyrrole nitrogens is 1. The van der Waals surface area contributed by atoms with Crippen LogP contribution in [0.5, 0.6) is 0 Å². The van der Waals surface area contributed by atoms with Gasteiger partial charge in [0.15, 0.2) is 5.16 Å². The van der Waals surface area contributed by atoms with E-state index < -0.39 is 0 Å². The zero-order chi connectivity index (χ0) is 11.5. The largest absolute Gasteiger partial charge is 0.383 e. The number of nitrogens with two attached hydrogens (primary N) is 1. The highest BCUT2D eigenvalue weighted by atomic mass is 32.2. The van der Waals surface area contributed by atoms with Crippen molar-refractivity contribution >= 4 is 28.9 Å². The van der Waals surface area contributed by atoms with E-state index in [1.54, 1.807) is 11.3 Å². The number of nitrogen functional groups attached to an aromatic ring is 1. The Morgan fingerprint density at radius 3 is 3.00 bits per heavy atom. The zero-order valence-corrected chi connectivity index (χ0v) is 10.2. The highest BCUT2D eigenvalue weighted by molar-refractivity contribution is 7.98. The number of thioether (sulfide) groups is 1. The molecular formula is C9H10N4OS2. The number of anilines is 1. The summed E-state index contributed by atoms with van der Waals surface area (Å²) in [4.78, 5) is 22.1. The topological polar surface area (TPSA) is 84.7 Å². The summed E-state index contributed by atoms with van der Waals surface area (Å²) in [5.41, 5.74) is 6.25. The summed E-state index contributed by atoms with van der Waals surface area (Å²) in [6, 6.07) is 1.26. The minimum atomic E-state index is -0.231. The van der Waals surface area contributed by atoms with Crippen LogP contribution in [0.15, 0.2) is 21.4 Å². The molecule has 2 rings (SSSR count). The number of hydrogen-bond donors (Lipinski definition) is 2. The number of nitrogens with zero attached hydrogens (tertiary/aromatic N) is 2. The highest BCUT2D eigenvalue weighted by Gasteiger charge is 2.03. The normalized spacial score (nSPS) is 10.6. The lowest BCUT2D eigenvalue weighted by molar-refractivity contribution is 0.944. The lowest BCUT2D eigenvalue weighted by Gasteiger charge is -1.98. The van der Waals surface area contributed by atoms with E-state index in [2.05, 4.69) is 15.0 Å². The molecule has 84 valence electrons. The molecule has 0 spiro atoms. The van der Waals surface area contributed by atoms with Crippen molar-refractivity contribution in [3.05, 3.63) is 32.5 Å². The van der Waals surface area contributed by atoms with Gasteiger partial charge in [0.2, 0.25) is 0 Å². The molecule has 0 saturated heterocycles. The van der Waals surface area contributed by atoms with Crippen LogP contribution >= 0.6 is 23.1 Å². The van der Waals surface area contributed by atoms with E-state index in [1.165, 1.54) is 17.8 Å². The van der Waals surface area contributed by atoms with Crippen molar-refractivity contribution in [2.75, 3.05) is 5.73 Å². The molecule has 0 saturated carbocycles. The number of aromatic amines is 1. The molecule has 3 N–H and O–H groups in total. The first-order valence-electron chi connectivity index (χ1n) is 4.54. The molecule has 0 atom stereocenters. The van der Waals surface area contributed by atoms with Crippen molar-refractivity contribution in [1.82, 2.24) is 15.0 Å². The smallest absolute Gasteiger partial charge is 0.253 e. The minimum Gasteiger partial charge on any atom is -0.383 e. The van der Waals surface area contributed by atoms with Crippen LogP contribution in [0.1, 0.15) is 10.7 Å². The number of aromatic nitrogens is 3. The Hall–Kier alpha value is -1.34. The van der Waals surface area contributed by atoms with Crippen molar-refractivity contribution in [3.63, 3.8) is 0 Å². The summed E-state index contributed by atoms with van der Waals surface area (Å²) in [5.74, 6) is 0.923. The maximum atomic E-state index is 11.1. The van der Waals surface area contributed by atoms with Crippen molar-refractivity contribution < 1.29 is 0 Å². The fourth-order valence-corrected chi connectivity index (χ4v) is 2.79. The maximum Gasteiger partial charge on any atom is 0.253 e. The molecule has 2 aromatic heterocycles. The lowest BCUT2D eigenvalue weighted by atomic mass is 10.6. The average molecular weight is 254 g/mol. The summed E-state index contributed by atoms with van der Waals surface area (Å²) in [6.07, 6.45) is 0. The van der Waals surface area contributed by atoms with Gasteiger partial charge in [0.1, 0.15) is 10.8 Å². The second-order valence-corrected chi connectivity index (χ2v) is 5.05. The molecular weight excluding hydrogens is 244 g/mol. The maximum absolute atomic E-state index is 11.1. The summed E-state index contributed by atoms with van der Waals surface area (Å²) >= 11 is 3.01. The summed E-state index contributed by atoms with van der Waals surface area (Å²) in [6.45, 7) is 1.95. The Balaban J connectivity index is 2.07. The Bertz CT molecular complexity index is 548. The number of aryl methyl sites for hydroxylation is 1. The van der Waals surface area contributed by atoms with Crippen LogP contribution in [-0.2, 0) is 5.75 Å². The third-order valence-electron chi connectivity index (χ3n) is 1.74. The minimum absolute atomic E-state index is 0.231. The van der Waals surface area contributed by atoms with Crippen molar-refractivity contribution in [1.29, 1.82) is 0 Å². The second-order valence-electron chi connectivity index (χ2n) is 3.15. The molecule has 0 unspecified atom stereocenters. The molecule has 0 aliphatic rings. The van der Waals surface area contributed by atoms with Gasteiger partial charge in [0.25, 0.3) is 5.56 Å². The average Bonchev–Trinajstić information content (AvgIpc) is 2.60. The van der Waals surface area contributed by atoms with Crippen LogP contribution in [0.2, 0.25) is 0 Å². The predicted molar refractivity (Wildman–Crippen MR) is 65.7 cm³/mol. The van der Waals surface area contributed by atoms with Crippen LogP contribution < -0.4 is 11.3 Å².